The number of nitrogens with zero attached hydrogens (tertiary/aromatic N) is 1. The van der Waals surface area contributed by atoms with E-state index in [-0.39, 0.29) is 11.3 Å². The van der Waals surface area contributed by atoms with Crippen molar-refractivity contribution in [3.8, 4) is 0 Å². The van der Waals surface area contributed by atoms with Gasteiger partial charge in [0.25, 0.3) is 0 Å². The molecule has 0 aliphatic heterocycles. The van der Waals surface area contributed by atoms with Gasteiger partial charge in [-0.15, -0.1) is 0 Å². The molecule has 1 aliphatic carbocycles. The average molecular weight is 263 g/mol. The van der Waals surface area contributed by atoms with E-state index in [0.717, 1.165) is 18.9 Å². The number of nitrogens with one attached hydrogen (secondary N) is 1. The molecule has 1 saturated carbocycles. The summed E-state index contributed by atoms with van der Waals surface area (Å²) in [7, 11) is 0. The second kappa shape index (κ2) is 6.41. The van der Waals surface area contributed by atoms with Gasteiger partial charge < -0.3 is 16.2 Å². The van der Waals surface area contributed by atoms with Crippen molar-refractivity contribution < 1.29 is 9.90 Å². The first-order valence-electron chi connectivity index (χ1n) is 6.89. The maximum absolute atomic E-state index is 10.9. The van der Waals surface area contributed by atoms with Crippen LogP contribution in [0, 0.1) is 5.92 Å². The summed E-state index contributed by atoms with van der Waals surface area (Å²) >= 11 is 0. The number of pyridine rings is 1. The van der Waals surface area contributed by atoms with E-state index in [4.69, 9.17) is 10.8 Å². The van der Waals surface area contributed by atoms with Gasteiger partial charge in [-0.3, -0.25) is 0 Å². The van der Waals surface area contributed by atoms with Crippen LogP contribution in [0.25, 0.3) is 0 Å². The second-order valence-electron chi connectivity index (χ2n) is 5.18. The van der Waals surface area contributed by atoms with E-state index in [2.05, 4.69) is 10.3 Å². The number of carboxylic acids is 1. The van der Waals surface area contributed by atoms with Crippen LogP contribution in [0.1, 0.15) is 48.9 Å². The predicted octanol–water partition coefficient (Wildman–Crippen LogP) is 2.74. The molecule has 4 N–H and O–H groups in total. The number of anilines is 2. The molecule has 0 unspecified atom stereocenters. The molecule has 0 radical (unpaired) electrons. The Kier molecular flexibility index (Phi) is 4.60. The molecule has 104 valence electrons. The molecule has 1 aromatic heterocycles. The average Bonchev–Trinajstić information content (AvgIpc) is 2.89. The third kappa shape index (κ3) is 3.84. The van der Waals surface area contributed by atoms with Crippen molar-refractivity contribution in [3.05, 3.63) is 17.8 Å². The van der Waals surface area contributed by atoms with Crippen LogP contribution in [0.3, 0.4) is 0 Å². The molecule has 1 aliphatic rings. The van der Waals surface area contributed by atoms with Gasteiger partial charge in [-0.25, -0.2) is 9.78 Å². The van der Waals surface area contributed by atoms with E-state index < -0.39 is 5.97 Å². The smallest absolute Gasteiger partial charge is 0.337 e. The van der Waals surface area contributed by atoms with Gasteiger partial charge >= 0.3 is 5.97 Å². The zero-order valence-electron chi connectivity index (χ0n) is 11.1. The second-order valence-corrected chi connectivity index (χ2v) is 5.18. The Labute approximate surface area is 113 Å². The van der Waals surface area contributed by atoms with Crippen LogP contribution < -0.4 is 11.1 Å². The lowest BCUT2D eigenvalue weighted by Gasteiger charge is -2.10. The minimum Gasteiger partial charge on any atom is -0.478 e. The lowest BCUT2D eigenvalue weighted by atomic mass is 10.0. The van der Waals surface area contributed by atoms with Crippen molar-refractivity contribution in [3.63, 3.8) is 0 Å². The molecule has 0 bridgehead atoms. The number of rotatable bonds is 6. The number of nitrogens with two attached hydrogens (primary N) is 1. The van der Waals surface area contributed by atoms with Crippen LogP contribution >= 0.6 is 0 Å². The molecular weight excluding hydrogens is 242 g/mol. The van der Waals surface area contributed by atoms with E-state index in [1.54, 1.807) is 0 Å². The third-order valence-corrected chi connectivity index (χ3v) is 3.74. The topological polar surface area (TPSA) is 88.2 Å². The first kappa shape index (κ1) is 13.6. The number of aromatic nitrogens is 1. The largest absolute Gasteiger partial charge is 0.478 e. The van der Waals surface area contributed by atoms with Gasteiger partial charge in [-0.2, -0.15) is 0 Å². The summed E-state index contributed by atoms with van der Waals surface area (Å²) in [6.45, 7) is 0.826. The number of nitrogen functional groups attached to an aromatic ring is 1. The molecule has 0 aromatic carbocycles. The molecule has 2 rings (SSSR count). The fraction of sp³-hybridized carbons (Fsp3) is 0.571. The highest BCUT2D eigenvalue weighted by Gasteiger charge is 2.14. The number of aromatic carboxylic acids is 1. The number of carbonyl (C=O) groups is 1. The normalized spacial score (nSPS) is 15.6. The summed E-state index contributed by atoms with van der Waals surface area (Å²) in [6, 6.07) is 1.49. The Morgan fingerprint density at radius 3 is 2.89 bits per heavy atom. The van der Waals surface area contributed by atoms with Crippen LogP contribution in [0.4, 0.5) is 11.5 Å². The minimum atomic E-state index is -1.02. The highest BCUT2D eigenvalue weighted by Crippen LogP contribution is 2.28. The van der Waals surface area contributed by atoms with E-state index in [1.807, 2.05) is 0 Å². The van der Waals surface area contributed by atoms with Crippen LogP contribution in [0.5, 0.6) is 0 Å². The Hall–Kier alpha value is -1.78. The minimum absolute atomic E-state index is 0.105. The van der Waals surface area contributed by atoms with Crippen molar-refractivity contribution in [1.29, 1.82) is 0 Å². The van der Waals surface area contributed by atoms with Crippen molar-refractivity contribution in [2.75, 3.05) is 17.6 Å². The molecule has 5 heteroatoms. The summed E-state index contributed by atoms with van der Waals surface area (Å²) in [5, 5.41) is 12.1. The molecule has 0 saturated heterocycles. The molecule has 19 heavy (non-hydrogen) atoms. The van der Waals surface area contributed by atoms with E-state index in [9.17, 15) is 4.79 Å². The first-order valence-corrected chi connectivity index (χ1v) is 6.89. The molecular formula is C14H21N3O2. The number of hydrogen-bond donors (Lipinski definition) is 3. The third-order valence-electron chi connectivity index (χ3n) is 3.74. The summed E-state index contributed by atoms with van der Waals surface area (Å²) in [6.07, 6.45) is 9.21. The highest BCUT2D eigenvalue weighted by atomic mass is 16.4. The van der Waals surface area contributed by atoms with E-state index in [1.165, 1.54) is 44.4 Å². The molecule has 0 spiro atoms. The molecule has 1 fully saturated rings. The van der Waals surface area contributed by atoms with Crippen LogP contribution in [0.2, 0.25) is 0 Å². The lowest BCUT2D eigenvalue weighted by molar-refractivity contribution is 0.0698. The van der Waals surface area contributed by atoms with E-state index in [0.29, 0.717) is 5.82 Å². The zero-order chi connectivity index (χ0) is 13.7. The SMILES string of the molecule is Nc1cnc(NCCCC2CCCC2)cc1C(=O)O. The summed E-state index contributed by atoms with van der Waals surface area (Å²) < 4.78 is 0. The van der Waals surface area contributed by atoms with Crippen molar-refractivity contribution in [2.24, 2.45) is 5.92 Å². The first-order chi connectivity index (χ1) is 9.16. The molecule has 1 aromatic rings. The lowest BCUT2D eigenvalue weighted by Crippen LogP contribution is -2.08. The Morgan fingerprint density at radius 1 is 1.47 bits per heavy atom. The van der Waals surface area contributed by atoms with E-state index >= 15 is 0 Å². The standard InChI is InChI=1S/C14H21N3O2/c15-12-9-17-13(8-11(12)14(18)19)16-7-3-6-10-4-1-2-5-10/h8-10H,1-7,15H2,(H,16,17)(H,18,19). The monoisotopic (exact) mass is 263 g/mol. The summed E-state index contributed by atoms with van der Waals surface area (Å²) in [4.78, 5) is 15.0. The fourth-order valence-corrected chi connectivity index (χ4v) is 2.65. The summed E-state index contributed by atoms with van der Waals surface area (Å²) in [5.74, 6) is 0.447. The van der Waals surface area contributed by atoms with Gasteiger partial charge in [-0.1, -0.05) is 25.7 Å². The fourth-order valence-electron chi connectivity index (χ4n) is 2.65. The Morgan fingerprint density at radius 2 is 2.21 bits per heavy atom. The maximum atomic E-state index is 10.9. The van der Waals surface area contributed by atoms with Crippen molar-refractivity contribution in [2.45, 2.75) is 38.5 Å². The zero-order valence-corrected chi connectivity index (χ0v) is 11.1. The van der Waals surface area contributed by atoms with Gasteiger partial charge in [0.15, 0.2) is 0 Å². The Bertz CT molecular complexity index is 442. The van der Waals surface area contributed by atoms with Crippen LogP contribution in [-0.2, 0) is 0 Å². The van der Waals surface area contributed by atoms with Crippen molar-refractivity contribution >= 4 is 17.5 Å². The molecule has 0 atom stereocenters. The predicted molar refractivity (Wildman–Crippen MR) is 75.3 cm³/mol. The van der Waals surface area contributed by atoms with Gasteiger partial charge in [-0.05, 0) is 24.8 Å². The maximum Gasteiger partial charge on any atom is 0.337 e. The van der Waals surface area contributed by atoms with Gasteiger partial charge in [0.1, 0.15) is 5.82 Å². The Balaban J connectivity index is 1.79. The number of carboxylic acid groups (broad SMARTS) is 1. The van der Waals surface area contributed by atoms with Gasteiger partial charge in [0, 0.05) is 6.54 Å². The highest BCUT2D eigenvalue weighted by molar-refractivity contribution is 5.94. The van der Waals surface area contributed by atoms with Crippen molar-refractivity contribution in [1.82, 2.24) is 4.98 Å². The van der Waals surface area contributed by atoms with Gasteiger partial charge in [0.05, 0.1) is 17.4 Å². The van der Waals surface area contributed by atoms with Crippen LogP contribution in [0.15, 0.2) is 12.3 Å². The molecule has 1 heterocycles. The molecule has 5 nitrogen and oxygen atoms in total. The van der Waals surface area contributed by atoms with Crippen LogP contribution in [-0.4, -0.2) is 22.6 Å². The number of hydrogen-bond acceptors (Lipinski definition) is 4. The quantitative estimate of drug-likeness (QED) is 0.687. The van der Waals surface area contributed by atoms with Gasteiger partial charge in [0.2, 0.25) is 0 Å². The summed E-state index contributed by atoms with van der Waals surface area (Å²) in [5.41, 5.74) is 5.86. The molecule has 0 amide bonds.